The monoisotopic (exact) mass is 412 g/mol. The smallest absolute Gasteiger partial charge is 0.433 e. The number of aromatic nitrogens is 2. The molecule has 0 unspecified atom stereocenters. The van der Waals surface area contributed by atoms with Crippen molar-refractivity contribution >= 4 is 17.5 Å². The van der Waals surface area contributed by atoms with Gasteiger partial charge in [-0.1, -0.05) is 11.8 Å². The Balaban J connectivity index is 1.67. The second kappa shape index (κ2) is 7.34. The van der Waals surface area contributed by atoms with Crippen molar-refractivity contribution in [1.82, 2.24) is 9.97 Å². The normalized spacial score (nSPS) is 24.4. The topological polar surface area (TPSA) is 70.5 Å². The van der Waals surface area contributed by atoms with Gasteiger partial charge in [-0.2, -0.15) is 13.2 Å². The predicted octanol–water partition coefficient (Wildman–Crippen LogP) is 3.35. The van der Waals surface area contributed by atoms with E-state index < -0.39 is 23.4 Å². The van der Waals surface area contributed by atoms with E-state index in [9.17, 15) is 18.0 Å². The van der Waals surface area contributed by atoms with Crippen LogP contribution in [-0.4, -0.2) is 47.1 Å². The first kappa shape index (κ1) is 19.2. The molecule has 2 aromatic rings. The van der Waals surface area contributed by atoms with Crippen LogP contribution in [0.1, 0.15) is 12.1 Å². The molecule has 10 heteroatoms. The highest BCUT2D eigenvalue weighted by Gasteiger charge is 2.44. The summed E-state index contributed by atoms with van der Waals surface area (Å²) in [6.45, 7) is 0.221. The lowest BCUT2D eigenvalue weighted by molar-refractivity contribution is -0.151. The highest BCUT2D eigenvalue weighted by molar-refractivity contribution is 7.99. The van der Waals surface area contributed by atoms with Gasteiger partial charge in [-0.25, -0.2) is 9.97 Å². The fraction of sp³-hybridized carbons (Fsp3) is 0.389. The maximum Gasteiger partial charge on any atom is 0.433 e. The molecule has 0 spiro atoms. The Labute approximate surface area is 162 Å². The molecule has 2 saturated heterocycles. The zero-order valence-corrected chi connectivity index (χ0v) is 15.4. The van der Waals surface area contributed by atoms with Gasteiger partial charge in [-0.05, 0) is 30.3 Å². The maximum absolute atomic E-state index is 13.4. The number of halogens is 3. The summed E-state index contributed by atoms with van der Waals surface area (Å²) < 4.78 is 55.8. The van der Waals surface area contributed by atoms with Gasteiger partial charge in [0.2, 0.25) is 6.29 Å². The maximum atomic E-state index is 13.4. The summed E-state index contributed by atoms with van der Waals surface area (Å²) >= 11 is 1.00. The van der Waals surface area contributed by atoms with Crippen LogP contribution in [0.2, 0.25) is 0 Å². The van der Waals surface area contributed by atoms with E-state index in [4.69, 9.17) is 14.2 Å². The molecule has 1 aromatic heterocycles. The number of ether oxygens (including phenoxy) is 3. The molecule has 3 atom stereocenters. The first-order valence-corrected chi connectivity index (χ1v) is 9.28. The molecule has 148 valence electrons. The van der Waals surface area contributed by atoms with E-state index in [2.05, 4.69) is 9.97 Å². The molecule has 2 fully saturated rings. The summed E-state index contributed by atoms with van der Waals surface area (Å²) in [5.41, 5.74) is -0.411. The first-order chi connectivity index (χ1) is 13.3. The molecule has 0 radical (unpaired) electrons. The molecule has 28 heavy (non-hydrogen) atoms. The van der Waals surface area contributed by atoms with Crippen molar-refractivity contribution in [1.29, 1.82) is 0 Å². The fourth-order valence-electron chi connectivity index (χ4n) is 2.99. The van der Waals surface area contributed by atoms with Crippen LogP contribution < -0.4 is 4.74 Å². The molecule has 1 aromatic carbocycles. The molecule has 2 aliphatic rings. The average Bonchev–Trinajstić information content (AvgIpc) is 3.11. The summed E-state index contributed by atoms with van der Waals surface area (Å²) in [5.74, 6) is 0.353. The Bertz CT molecular complexity index is 891. The molecule has 0 saturated carbocycles. The number of carbonyl (C=O) groups excluding carboxylic acids is 1. The molecule has 0 amide bonds. The van der Waals surface area contributed by atoms with Gasteiger partial charge in [0.1, 0.15) is 11.4 Å². The molecule has 2 aliphatic heterocycles. The third-order valence-corrected chi connectivity index (χ3v) is 5.60. The number of Topliss-reactive ketones (excluding diaryl/α,β-unsaturated/α-hetero) is 1. The Morgan fingerprint density at radius 1 is 1.21 bits per heavy atom. The Kier molecular flexibility index (Phi) is 5.02. The standard InChI is InChI=1S/C18H15F3N2O4S/c1-25-10-4-2-9(3-5-10)11-6-15(18(19,20)21)23-17(22-11)28-14-7-12(24)16-26-8-13(14)27-16/h2-6,13-14,16H,7-8H2,1H3/t13-,14-,16-/m0/s1. The van der Waals surface area contributed by atoms with E-state index in [1.165, 1.54) is 7.11 Å². The highest BCUT2D eigenvalue weighted by Crippen LogP contribution is 2.38. The molecule has 6 nitrogen and oxygen atoms in total. The predicted molar refractivity (Wildman–Crippen MR) is 92.9 cm³/mol. The number of hydrogen-bond donors (Lipinski definition) is 0. The number of carbonyl (C=O) groups is 1. The van der Waals surface area contributed by atoms with Gasteiger partial charge in [0.25, 0.3) is 0 Å². The van der Waals surface area contributed by atoms with Gasteiger partial charge < -0.3 is 14.2 Å². The number of benzene rings is 1. The number of rotatable bonds is 4. The number of fused-ring (bicyclic) bond motifs is 2. The van der Waals surface area contributed by atoms with Gasteiger partial charge in [-0.3, -0.25) is 4.79 Å². The minimum Gasteiger partial charge on any atom is -0.497 e. The van der Waals surface area contributed by atoms with Crippen molar-refractivity contribution in [3.05, 3.63) is 36.0 Å². The third kappa shape index (κ3) is 3.85. The number of thioether (sulfide) groups is 1. The number of methoxy groups -OCH3 is 1. The molecule has 2 bridgehead atoms. The van der Waals surface area contributed by atoms with Crippen LogP contribution in [0.25, 0.3) is 11.3 Å². The molecule has 4 rings (SSSR count). The highest BCUT2D eigenvalue weighted by atomic mass is 32.2. The number of alkyl halides is 3. The molecule has 0 N–H and O–H groups in total. The van der Waals surface area contributed by atoms with Crippen LogP contribution in [0.3, 0.4) is 0 Å². The molecule has 3 heterocycles. The Morgan fingerprint density at radius 2 is 1.96 bits per heavy atom. The van der Waals surface area contributed by atoms with Crippen LogP contribution in [0.15, 0.2) is 35.5 Å². The number of nitrogens with zero attached hydrogens (tertiary/aromatic N) is 2. The van der Waals surface area contributed by atoms with E-state index in [-0.39, 0.29) is 35.8 Å². The zero-order chi connectivity index (χ0) is 19.9. The van der Waals surface area contributed by atoms with Crippen molar-refractivity contribution < 1.29 is 32.2 Å². The third-order valence-electron chi connectivity index (χ3n) is 4.43. The lowest BCUT2D eigenvalue weighted by atomic mass is 10.1. The van der Waals surface area contributed by atoms with E-state index in [1.807, 2.05) is 0 Å². The first-order valence-electron chi connectivity index (χ1n) is 8.40. The summed E-state index contributed by atoms with van der Waals surface area (Å²) in [7, 11) is 1.50. The number of ketones is 1. The lowest BCUT2D eigenvalue weighted by Crippen LogP contribution is -2.37. The second-order valence-corrected chi connectivity index (χ2v) is 7.52. The van der Waals surface area contributed by atoms with Crippen molar-refractivity contribution in [2.45, 2.75) is 35.4 Å². The minimum absolute atomic E-state index is 0.0626. The minimum atomic E-state index is -4.63. The second-order valence-electron chi connectivity index (χ2n) is 6.31. The Morgan fingerprint density at radius 3 is 2.64 bits per heavy atom. The molecule has 0 aliphatic carbocycles. The molecular weight excluding hydrogens is 397 g/mol. The van der Waals surface area contributed by atoms with Crippen molar-refractivity contribution in [3.63, 3.8) is 0 Å². The van der Waals surface area contributed by atoms with E-state index in [0.717, 1.165) is 17.8 Å². The van der Waals surface area contributed by atoms with Crippen molar-refractivity contribution in [3.8, 4) is 17.0 Å². The van der Waals surface area contributed by atoms with Crippen LogP contribution >= 0.6 is 11.8 Å². The Hall–Kier alpha value is -2.17. The van der Waals surface area contributed by atoms with Crippen LogP contribution in [0, 0.1) is 0 Å². The quantitative estimate of drug-likeness (QED) is 0.714. The van der Waals surface area contributed by atoms with Gasteiger partial charge in [0.05, 0.1) is 25.5 Å². The lowest BCUT2D eigenvalue weighted by Gasteiger charge is -2.25. The SMILES string of the molecule is COc1ccc(-c2cc(C(F)(F)F)nc(S[C@H]3CC(=O)[C@H]4OC[C@@H]3O4)n2)cc1. The van der Waals surface area contributed by atoms with E-state index >= 15 is 0 Å². The van der Waals surface area contributed by atoms with Gasteiger partial charge in [0.15, 0.2) is 10.9 Å². The van der Waals surface area contributed by atoms with Crippen molar-refractivity contribution in [2.75, 3.05) is 13.7 Å². The summed E-state index contributed by atoms with van der Waals surface area (Å²) in [5, 5.41) is -0.467. The fourth-order valence-corrected chi connectivity index (χ4v) is 4.11. The largest absolute Gasteiger partial charge is 0.497 e. The van der Waals surface area contributed by atoms with Crippen molar-refractivity contribution in [2.24, 2.45) is 0 Å². The summed E-state index contributed by atoms with van der Waals surface area (Å²) in [6, 6.07) is 7.43. The molecular formula is C18H15F3N2O4S. The van der Waals surface area contributed by atoms with Crippen LogP contribution in [-0.2, 0) is 20.4 Å². The van der Waals surface area contributed by atoms with Gasteiger partial charge in [-0.15, -0.1) is 0 Å². The van der Waals surface area contributed by atoms with Crippen LogP contribution in [0.4, 0.5) is 13.2 Å². The van der Waals surface area contributed by atoms with Gasteiger partial charge in [0, 0.05) is 17.2 Å². The zero-order valence-electron chi connectivity index (χ0n) is 14.6. The summed E-state index contributed by atoms with van der Waals surface area (Å²) in [6.07, 6.45) is -5.73. The number of hydrogen-bond acceptors (Lipinski definition) is 7. The van der Waals surface area contributed by atoms with E-state index in [1.54, 1.807) is 24.3 Å². The average molecular weight is 412 g/mol. The summed E-state index contributed by atoms with van der Waals surface area (Å²) in [4.78, 5) is 19.9. The van der Waals surface area contributed by atoms with Gasteiger partial charge >= 0.3 is 6.18 Å². The van der Waals surface area contributed by atoms with E-state index in [0.29, 0.717) is 11.3 Å². The van der Waals surface area contributed by atoms with Crippen LogP contribution in [0.5, 0.6) is 5.75 Å².